The number of hydrogen-bond acceptors (Lipinski definition) is 1. The number of hydrogen-bond donors (Lipinski definition) is 2. The first kappa shape index (κ1) is 7.09. The number of aromatic amines is 1. The lowest BCUT2D eigenvalue weighted by atomic mass is 10.3. The lowest BCUT2D eigenvalue weighted by Crippen LogP contribution is -2.09. The lowest BCUT2D eigenvalue weighted by molar-refractivity contribution is 0.930. The van der Waals surface area contributed by atoms with Gasteiger partial charge >= 0.3 is 0 Å². The Morgan fingerprint density at radius 1 is 1.70 bits per heavy atom. The van der Waals surface area contributed by atoms with Crippen molar-refractivity contribution in [1.29, 1.82) is 0 Å². The zero-order valence-electron chi connectivity index (χ0n) is 6.04. The number of nitrogens with one attached hydrogen (secondary N) is 1. The van der Waals surface area contributed by atoms with E-state index in [0.717, 1.165) is 5.69 Å². The van der Waals surface area contributed by atoms with E-state index in [1.54, 1.807) is 0 Å². The fourth-order valence-corrected chi connectivity index (χ4v) is 0.703. The molecule has 2 heteroatoms. The summed E-state index contributed by atoms with van der Waals surface area (Å²) in [5.74, 6) is 0. The molecule has 0 aliphatic heterocycles. The maximum atomic E-state index is 5.51. The molecular formula is C8H12N2. The molecular weight excluding hydrogens is 124 g/mol. The molecule has 1 unspecified atom stereocenters. The molecule has 2 nitrogen and oxygen atoms in total. The highest BCUT2D eigenvalue weighted by molar-refractivity contribution is 5.44. The van der Waals surface area contributed by atoms with Gasteiger partial charge in [0.2, 0.25) is 0 Å². The van der Waals surface area contributed by atoms with E-state index in [2.05, 4.69) is 4.98 Å². The quantitative estimate of drug-likeness (QED) is 0.633. The van der Waals surface area contributed by atoms with Gasteiger partial charge in [0.1, 0.15) is 0 Å². The fourth-order valence-electron chi connectivity index (χ4n) is 0.703. The zero-order valence-corrected chi connectivity index (χ0v) is 6.04. The standard InChI is InChI=1S/C8H12N2/c1-7(9)4-5-8-3-2-6-10-8/h2-7,10H,9H2,1H3/b5-4+. The topological polar surface area (TPSA) is 41.8 Å². The SMILES string of the molecule is CC(N)/C=C/c1ccc[nH]1. The molecule has 10 heavy (non-hydrogen) atoms. The van der Waals surface area contributed by atoms with Crippen LogP contribution in [0.15, 0.2) is 24.4 Å². The molecule has 0 aliphatic carbocycles. The number of aromatic nitrogens is 1. The molecule has 0 bridgehead atoms. The monoisotopic (exact) mass is 136 g/mol. The summed E-state index contributed by atoms with van der Waals surface area (Å²) in [6, 6.07) is 4.09. The summed E-state index contributed by atoms with van der Waals surface area (Å²) in [6.07, 6.45) is 5.82. The van der Waals surface area contributed by atoms with Crippen LogP contribution >= 0.6 is 0 Å². The maximum Gasteiger partial charge on any atom is 0.0377 e. The predicted octanol–water partition coefficient (Wildman–Crippen LogP) is 1.38. The minimum atomic E-state index is 0.128. The first-order chi connectivity index (χ1) is 4.79. The van der Waals surface area contributed by atoms with Gasteiger partial charge in [-0.3, -0.25) is 0 Å². The normalized spacial score (nSPS) is 14.2. The minimum absolute atomic E-state index is 0.128. The van der Waals surface area contributed by atoms with E-state index < -0.39 is 0 Å². The van der Waals surface area contributed by atoms with Crippen molar-refractivity contribution in [2.24, 2.45) is 5.73 Å². The summed E-state index contributed by atoms with van der Waals surface area (Å²) >= 11 is 0. The molecule has 3 N–H and O–H groups in total. The molecule has 0 amide bonds. The highest BCUT2D eigenvalue weighted by Crippen LogP contribution is 1.97. The minimum Gasteiger partial charge on any atom is -0.362 e. The van der Waals surface area contributed by atoms with Crippen LogP contribution in [0.1, 0.15) is 12.6 Å². The van der Waals surface area contributed by atoms with Gasteiger partial charge in [0.25, 0.3) is 0 Å². The van der Waals surface area contributed by atoms with Crippen LogP contribution in [-0.4, -0.2) is 11.0 Å². The third-order valence-corrected chi connectivity index (χ3v) is 1.20. The van der Waals surface area contributed by atoms with E-state index in [1.807, 2.05) is 37.4 Å². The van der Waals surface area contributed by atoms with Crippen LogP contribution in [0, 0.1) is 0 Å². The molecule has 1 aromatic heterocycles. The van der Waals surface area contributed by atoms with Crippen LogP contribution in [-0.2, 0) is 0 Å². The number of nitrogens with two attached hydrogens (primary N) is 1. The van der Waals surface area contributed by atoms with Crippen molar-refractivity contribution in [3.8, 4) is 0 Å². The second-order valence-corrected chi connectivity index (χ2v) is 2.34. The van der Waals surface area contributed by atoms with Crippen LogP contribution in [0.25, 0.3) is 6.08 Å². The van der Waals surface area contributed by atoms with Gasteiger partial charge in [-0.15, -0.1) is 0 Å². The largest absolute Gasteiger partial charge is 0.362 e. The molecule has 1 heterocycles. The summed E-state index contributed by atoms with van der Waals surface area (Å²) in [5, 5.41) is 0. The van der Waals surface area contributed by atoms with E-state index in [0.29, 0.717) is 0 Å². The van der Waals surface area contributed by atoms with Crippen molar-refractivity contribution in [2.45, 2.75) is 13.0 Å². The lowest BCUT2D eigenvalue weighted by Gasteiger charge is -1.91. The van der Waals surface area contributed by atoms with Gasteiger partial charge in [-0.25, -0.2) is 0 Å². The first-order valence-electron chi connectivity index (χ1n) is 3.36. The molecule has 0 fully saturated rings. The summed E-state index contributed by atoms with van der Waals surface area (Å²) in [4.78, 5) is 3.05. The van der Waals surface area contributed by atoms with Crippen LogP contribution in [0.5, 0.6) is 0 Å². The van der Waals surface area contributed by atoms with Gasteiger partial charge in [0.05, 0.1) is 0 Å². The van der Waals surface area contributed by atoms with Crippen molar-refractivity contribution in [3.05, 3.63) is 30.1 Å². The van der Waals surface area contributed by atoms with E-state index in [1.165, 1.54) is 0 Å². The van der Waals surface area contributed by atoms with Crippen molar-refractivity contribution in [3.63, 3.8) is 0 Å². The predicted molar refractivity (Wildman–Crippen MR) is 43.5 cm³/mol. The van der Waals surface area contributed by atoms with Crippen molar-refractivity contribution >= 4 is 6.08 Å². The second-order valence-electron chi connectivity index (χ2n) is 2.34. The molecule has 0 spiro atoms. The maximum absolute atomic E-state index is 5.51. The molecule has 1 aromatic rings. The van der Waals surface area contributed by atoms with Gasteiger partial charge in [-0.2, -0.15) is 0 Å². The third kappa shape index (κ3) is 2.07. The summed E-state index contributed by atoms with van der Waals surface area (Å²) in [6.45, 7) is 1.94. The Morgan fingerprint density at radius 2 is 2.50 bits per heavy atom. The summed E-state index contributed by atoms with van der Waals surface area (Å²) < 4.78 is 0. The Hall–Kier alpha value is -1.02. The van der Waals surface area contributed by atoms with Crippen LogP contribution in [0.2, 0.25) is 0 Å². The van der Waals surface area contributed by atoms with Gasteiger partial charge in [0, 0.05) is 17.9 Å². The molecule has 1 atom stereocenters. The molecule has 0 radical (unpaired) electrons. The average Bonchev–Trinajstić information content (AvgIpc) is 2.34. The molecule has 0 aliphatic rings. The van der Waals surface area contributed by atoms with Crippen LogP contribution in [0.3, 0.4) is 0 Å². The van der Waals surface area contributed by atoms with Crippen molar-refractivity contribution in [1.82, 2.24) is 4.98 Å². The van der Waals surface area contributed by atoms with E-state index in [9.17, 15) is 0 Å². The highest BCUT2D eigenvalue weighted by Gasteiger charge is 1.85. The summed E-state index contributed by atoms with van der Waals surface area (Å²) in [7, 11) is 0. The van der Waals surface area contributed by atoms with E-state index in [-0.39, 0.29) is 6.04 Å². The third-order valence-electron chi connectivity index (χ3n) is 1.20. The van der Waals surface area contributed by atoms with Crippen LogP contribution < -0.4 is 5.73 Å². The Labute approximate surface area is 60.8 Å². The smallest absolute Gasteiger partial charge is 0.0377 e. The molecule has 0 saturated carbocycles. The van der Waals surface area contributed by atoms with Crippen molar-refractivity contribution in [2.75, 3.05) is 0 Å². The van der Waals surface area contributed by atoms with Gasteiger partial charge < -0.3 is 10.7 Å². The fraction of sp³-hybridized carbons (Fsp3) is 0.250. The van der Waals surface area contributed by atoms with Gasteiger partial charge in [-0.1, -0.05) is 6.08 Å². The number of H-pyrrole nitrogens is 1. The van der Waals surface area contributed by atoms with Crippen molar-refractivity contribution < 1.29 is 0 Å². The number of rotatable bonds is 2. The highest BCUT2D eigenvalue weighted by atomic mass is 14.7. The van der Waals surface area contributed by atoms with Gasteiger partial charge in [-0.05, 0) is 25.1 Å². The zero-order chi connectivity index (χ0) is 7.40. The first-order valence-corrected chi connectivity index (χ1v) is 3.36. The Balaban J connectivity index is 2.55. The molecule has 54 valence electrons. The van der Waals surface area contributed by atoms with Gasteiger partial charge in [0.15, 0.2) is 0 Å². The second kappa shape index (κ2) is 3.22. The van der Waals surface area contributed by atoms with E-state index >= 15 is 0 Å². The molecule has 0 saturated heterocycles. The summed E-state index contributed by atoms with van der Waals surface area (Å²) in [5.41, 5.74) is 6.60. The Kier molecular flexibility index (Phi) is 2.29. The molecule has 0 aromatic carbocycles. The van der Waals surface area contributed by atoms with Crippen LogP contribution in [0.4, 0.5) is 0 Å². The average molecular weight is 136 g/mol. The Morgan fingerprint density at radius 3 is 3.00 bits per heavy atom. The Bertz CT molecular complexity index is 197. The molecule has 1 rings (SSSR count). The van der Waals surface area contributed by atoms with E-state index in [4.69, 9.17) is 5.73 Å².